The lowest BCUT2D eigenvalue weighted by molar-refractivity contribution is -0.127. The van der Waals surface area contributed by atoms with Crippen LogP contribution < -0.4 is 11.1 Å². The molecule has 2 amide bonds. The molecule has 1 aliphatic heterocycles. The van der Waals surface area contributed by atoms with E-state index in [-0.39, 0.29) is 25.2 Å². The van der Waals surface area contributed by atoms with Gasteiger partial charge in [-0.1, -0.05) is 6.07 Å². The molecule has 1 aliphatic rings. The van der Waals surface area contributed by atoms with Gasteiger partial charge in [0, 0.05) is 5.56 Å². The van der Waals surface area contributed by atoms with Crippen molar-refractivity contribution in [3.8, 4) is 0 Å². The minimum Gasteiger partial charge on any atom is -0.376 e. The van der Waals surface area contributed by atoms with Crippen molar-refractivity contribution in [1.82, 2.24) is 5.32 Å². The van der Waals surface area contributed by atoms with E-state index in [1.165, 1.54) is 18.2 Å². The number of amides is 2. The van der Waals surface area contributed by atoms with Gasteiger partial charge in [-0.3, -0.25) is 9.59 Å². The Morgan fingerprint density at radius 3 is 2.67 bits per heavy atom. The number of carbonyl (C=O) groups excluding carboxylic acids is 2. The van der Waals surface area contributed by atoms with Crippen molar-refractivity contribution in [2.45, 2.75) is 12.0 Å². The number of nitrogens with one attached hydrogen (secondary N) is 1. The van der Waals surface area contributed by atoms with Crippen LogP contribution in [0.2, 0.25) is 0 Å². The molecule has 0 radical (unpaired) electrons. The van der Waals surface area contributed by atoms with Crippen LogP contribution >= 0.6 is 0 Å². The molecule has 0 unspecified atom stereocenters. The third-order valence-electron chi connectivity index (χ3n) is 2.73. The van der Waals surface area contributed by atoms with Crippen molar-refractivity contribution in [2.24, 2.45) is 5.73 Å². The lowest BCUT2D eigenvalue weighted by Gasteiger charge is -2.41. The number of halogens is 1. The van der Waals surface area contributed by atoms with E-state index >= 15 is 0 Å². The Morgan fingerprint density at radius 1 is 1.44 bits per heavy atom. The van der Waals surface area contributed by atoms with E-state index in [0.717, 1.165) is 6.07 Å². The number of rotatable bonds is 4. The molecule has 0 aliphatic carbocycles. The van der Waals surface area contributed by atoms with Gasteiger partial charge in [-0.25, -0.2) is 4.39 Å². The molecule has 0 bridgehead atoms. The molecule has 2 rings (SSSR count). The van der Waals surface area contributed by atoms with E-state index < -0.39 is 23.2 Å². The maximum Gasteiger partial charge on any atom is 0.251 e. The summed E-state index contributed by atoms with van der Waals surface area (Å²) >= 11 is 0. The van der Waals surface area contributed by atoms with Gasteiger partial charge < -0.3 is 15.8 Å². The average molecular weight is 252 g/mol. The highest BCUT2D eigenvalue weighted by Gasteiger charge is 2.41. The summed E-state index contributed by atoms with van der Waals surface area (Å²) < 4.78 is 18.0. The number of nitrogens with two attached hydrogens (primary N) is 1. The van der Waals surface area contributed by atoms with Crippen LogP contribution in [0.25, 0.3) is 0 Å². The van der Waals surface area contributed by atoms with E-state index in [0.29, 0.717) is 0 Å². The second-order valence-electron chi connectivity index (χ2n) is 4.38. The molecule has 1 fully saturated rings. The maximum absolute atomic E-state index is 13.0. The monoisotopic (exact) mass is 252 g/mol. The quantitative estimate of drug-likeness (QED) is 0.803. The molecule has 1 heterocycles. The molecule has 0 atom stereocenters. The number of hydrogen-bond acceptors (Lipinski definition) is 3. The second kappa shape index (κ2) is 4.73. The molecule has 0 spiro atoms. The summed E-state index contributed by atoms with van der Waals surface area (Å²) in [5.74, 6) is -1.45. The molecule has 5 nitrogen and oxygen atoms in total. The topological polar surface area (TPSA) is 81.4 Å². The van der Waals surface area contributed by atoms with E-state index in [4.69, 9.17) is 10.5 Å². The zero-order valence-corrected chi connectivity index (χ0v) is 9.61. The van der Waals surface area contributed by atoms with Gasteiger partial charge in [0.2, 0.25) is 5.91 Å². The molecule has 18 heavy (non-hydrogen) atoms. The highest BCUT2D eigenvalue weighted by Crippen LogP contribution is 2.21. The van der Waals surface area contributed by atoms with Crippen molar-refractivity contribution in [1.29, 1.82) is 0 Å². The third kappa shape index (κ3) is 2.65. The first-order chi connectivity index (χ1) is 8.51. The molecule has 1 saturated heterocycles. The Bertz CT molecular complexity index is 486. The van der Waals surface area contributed by atoms with Crippen molar-refractivity contribution >= 4 is 11.8 Å². The maximum atomic E-state index is 13.0. The first kappa shape index (κ1) is 12.5. The minimum absolute atomic E-state index is 0.00799. The number of ether oxygens (including phenoxy) is 1. The fourth-order valence-corrected chi connectivity index (χ4v) is 1.84. The Kier molecular flexibility index (Phi) is 3.29. The molecule has 0 aromatic heterocycles. The molecular weight excluding hydrogens is 239 g/mol. The van der Waals surface area contributed by atoms with Crippen LogP contribution in [0.4, 0.5) is 4.39 Å². The zero-order valence-electron chi connectivity index (χ0n) is 9.61. The van der Waals surface area contributed by atoms with Crippen LogP contribution in [0.1, 0.15) is 16.8 Å². The lowest BCUT2D eigenvalue weighted by atomic mass is 9.92. The Labute approximate surface area is 103 Å². The summed E-state index contributed by atoms with van der Waals surface area (Å²) in [7, 11) is 0. The summed E-state index contributed by atoms with van der Waals surface area (Å²) in [4.78, 5) is 22.8. The Balaban J connectivity index is 2.08. The smallest absolute Gasteiger partial charge is 0.251 e. The van der Waals surface area contributed by atoms with E-state index in [2.05, 4.69) is 5.32 Å². The van der Waals surface area contributed by atoms with Crippen LogP contribution in [0, 0.1) is 5.82 Å². The summed E-state index contributed by atoms with van der Waals surface area (Å²) in [5.41, 5.74) is 4.57. The largest absolute Gasteiger partial charge is 0.376 e. The van der Waals surface area contributed by atoms with Gasteiger partial charge in [-0.2, -0.15) is 0 Å². The van der Waals surface area contributed by atoms with E-state index in [1.807, 2.05) is 0 Å². The molecule has 0 saturated carbocycles. The summed E-state index contributed by atoms with van der Waals surface area (Å²) in [5, 5.41) is 2.67. The van der Waals surface area contributed by atoms with Crippen molar-refractivity contribution in [3.63, 3.8) is 0 Å². The van der Waals surface area contributed by atoms with Gasteiger partial charge >= 0.3 is 0 Å². The normalized spacial score (nSPS) is 16.7. The van der Waals surface area contributed by atoms with E-state index in [1.54, 1.807) is 0 Å². The third-order valence-corrected chi connectivity index (χ3v) is 2.73. The predicted molar refractivity (Wildman–Crippen MR) is 61.2 cm³/mol. The van der Waals surface area contributed by atoms with Crippen molar-refractivity contribution in [3.05, 3.63) is 35.6 Å². The van der Waals surface area contributed by atoms with Gasteiger partial charge in [0.1, 0.15) is 5.82 Å². The number of carbonyl (C=O) groups is 2. The number of hydrogen-bond donors (Lipinski definition) is 2. The van der Waals surface area contributed by atoms with Crippen molar-refractivity contribution in [2.75, 3.05) is 13.2 Å². The summed E-state index contributed by atoms with van der Waals surface area (Å²) in [6, 6.07) is 5.33. The predicted octanol–water partition coefficient (Wildman–Crippen LogP) is 0.200. The van der Waals surface area contributed by atoms with Gasteiger partial charge in [-0.15, -0.1) is 0 Å². The van der Waals surface area contributed by atoms with Crippen LogP contribution in [0.5, 0.6) is 0 Å². The highest BCUT2D eigenvalue weighted by atomic mass is 19.1. The molecule has 96 valence electrons. The SMILES string of the molecule is NC(=O)CC1(NC(=O)c2cccc(F)c2)COC1. The van der Waals surface area contributed by atoms with Crippen LogP contribution in [-0.4, -0.2) is 30.6 Å². The Morgan fingerprint density at radius 2 is 2.17 bits per heavy atom. The van der Waals surface area contributed by atoms with Crippen molar-refractivity contribution < 1.29 is 18.7 Å². The van der Waals surface area contributed by atoms with Crippen LogP contribution in [0.15, 0.2) is 24.3 Å². The number of benzene rings is 1. The summed E-state index contributed by atoms with van der Waals surface area (Å²) in [6.07, 6.45) is 0.00799. The lowest BCUT2D eigenvalue weighted by Crippen LogP contribution is -2.63. The highest BCUT2D eigenvalue weighted by molar-refractivity contribution is 5.95. The van der Waals surface area contributed by atoms with Crippen LogP contribution in [0.3, 0.4) is 0 Å². The van der Waals surface area contributed by atoms with Gasteiger partial charge in [0.15, 0.2) is 0 Å². The van der Waals surface area contributed by atoms with Gasteiger partial charge in [0.05, 0.1) is 25.2 Å². The first-order valence-corrected chi connectivity index (χ1v) is 5.45. The fourth-order valence-electron chi connectivity index (χ4n) is 1.84. The fraction of sp³-hybridized carbons (Fsp3) is 0.333. The molecule has 1 aromatic carbocycles. The molecule has 1 aromatic rings. The Hall–Kier alpha value is -1.95. The second-order valence-corrected chi connectivity index (χ2v) is 4.38. The number of primary amides is 1. The molecular formula is C12H13FN2O3. The first-order valence-electron chi connectivity index (χ1n) is 5.45. The molecule has 3 N–H and O–H groups in total. The van der Waals surface area contributed by atoms with Crippen LogP contribution in [-0.2, 0) is 9.53 Å². The van der Waals surface area contributed by atoms with E-state index in [9.17, 15) is 14.0 Å². The molecule has 6 heteroatoms. The zero-order chi connectivity index (χ0) is 13.2. The minimum atomic E-state index is -0.755. The standard InChI is InChI=1S/C12H13FN2O3/c13-9-3-1-2-8(4-9)11(17)15-12(5-10(14)16)6-18-7-12/h1-4H,5-7H2,(H2,14,16)(H,15,17). The average Bonchev–Trinajstić information content (AvgIpc) is 2.25. The van der Waals surface area contributed by atoms with Gasteiger partial charge in [-0.05, 0) is 18.2 Å². The summed E-state index contributed by atoms with van der Waals surface area (Å²) in [6.45, 7) is 0.466. The van der Waals surface area contributed by atoms with Gasteiger partial charge in [0.25, 0.3) is 5.91 Å².